The van der Waals surface area contributed by atoms with E-state index in [9.17, 15) is 9.59 Å². The molecule has 7 nitrogen and oxygen atoms in total. The van der Waals surface area contributed by atoms with Gasteiger partial charge in [0.2, 0.25) is 18.6 Å². The Balaban J connectivity index is 1.31. The molecule has 0 radical (unpaired) electrons. The van der Waals surface area contributed by atoms with Gasteiger partial charge in [0.05, 0.1) is 0 Å². The van der Waals surface area contributed by atoms with Crippen LogP contribution >= 0.6 is 27.7 Å². The molecule has 0 aliphatic carbocycles. The molecule has 2 aromatic rings. The fourth-order valence-corrected chi connectivity index (χ4v) is 5.32. The van der Waals surface area contributed by atoms with E-state index < -0.39 is 6.04 Å². The van der Waals surface area contributed by atoms with E-state index >= 15 is 0 Å². The van der Waals surface area contributed by atoms with Crippen LogP contribution in [0.15, 0.2) is 51.8 Å². The van der Waals surface area contributed by atoms with Gasteiger partial charge in [0, 0.05) is 54.8 Å². The van der Waals surface area contributed by atoms with Crippen LogP contribution in [0.25, 0.3) is 0 Å². The average molecular weight is 520 g/mol. The molecule has 2 amide bonds. The lowest BCUT2D eigenvalue weighted by molar-refractivity contribution is -0.137. The van der Waals surface area contributed by atoms with Crippen LogP contribution in [0, 0.1) is 0 Å². The number of hydrogen-bond acceptors (Lipinski definition) is 6. The number of piperazine rings is 1. The molecular weight excluding hydrogens is 494 g/mol. The number of carbonyl (C=O) groups excluding carboxylic acids is 2. The maximum atomic E-state index is 13.2. The van der Waals surface area contributed by atoms with E-state index in [0.717, 1.165) is 46.1 Å². The van der Waals surface area contributed by atoms with Crippen LogP contribution in [0.3, 0.4) is 0 Å². The zero-order valence-corrected chi connectivity index (χ0v) is 20.3. The van der Waals surface area contributed by atoms with Crippen molar-refractivity contribution in [3.05, 3.63) is 52.5 Å². The first-order chi connectivity index (χ1) is 15.5. The van der Waals surface area contributed by atoms with Crippen LogP contribution in [0.1, 0.15) is 12.5 Å². The standard InChI is InChI=1S/C23H26BrN3O4S/c1-16(28)25-20(14-32-19-4-2-3-18(24)12-19)23(29)27-9-7-26(8-10-27)13-17-5-6-21-22(11-17)31-15-30-21/h2-6,11-12,20H,7-10,13-15H2,1H3,(H,25,28). The highest BCUT2D eigenvalue weighted by molar-refractivity contribution is 9.10. The highest BCUT2D eigenvalue weighted by Crippen LogP contribution is 2.33. The zero-order valence-electron chi connectivity index (χ0n) is 17.9. The summed E-state index contributed by atoms with van der Waals surface area (Å²) in [7, 11) is 0. The molecule has 1 atom stereocenters. The van der Waals surface area contributed by atoms with Crippen molar-refractivity contribution in [3.8, 4) is 11.5 Å². The second-order valence-corrected chi connectivity index (χ2v) is 9.82. The van der Waals surface area contributed by atoms with Crippen LogP contribution in [0.5, 0.6) is 11.5 Å². The number of fused-ring (bicyclic) bond motifs is 1. The number of amides is 2. The Morgan fingerprint density at radius 1 is 1.09 bits per heavy atom. The number of ether oxygens (including phenoxy) is 2. The van der Waals surface area contributed by atoms with Gasteiger partial charge >= 0.3 is 0 Å². The van der Waals surface area contributed by atoms with Crippen molar-refractivity contribution in [3.63, 3.8) is 0 Å². The third kappa shape index (κ3) is 5.96. The number of benzene rings is 2. The SMILES string of the molecule is CC(=O)NC(CSc1cccc(Br)c1)C(=O)N1CCN(Cc2ccc3c(c2)OCO3)CC1. The van der Waals surface area contributed by atoms with Crippen LogP contribution in [-0.2, 0) is 16.1 Å². The van der Waals surface area contributed by atoms with Gasteiger partial charge in [-0.2, -0.15) is 0 Å². The van der Waals surface area contributed by atoms with Crippen molar-refractivity contribution >= 4 is 39.5 Å². The summed E-state index contributed by atoms with van der Waals surface area (Å²) in [5, 5.41) is 2.83. The summed E-state index contributed by atoms with van der Waals surface area (Å²) in [4.78, 5) is 30.1. The van der Waals surface area contributed by atoms with E-state index in [2.05, 4.69) is 32.2 Å². The summed E-state index contributed by atoms with van der Waals surface area (Å²) in [5.41, 5.74) is 1.16. The predicted octanol–water partition coefficient (Wildman–Crippen LogP) is 3.12. The van der Waals surface area contributed by atoms with E-state index in [-0.39, 0.29) is 18.6 Å². The number of thioether (sulfide) groups is 1. The van der Waals surface area contributed by atoms with E-state index in [1.165, 1.54) is 6.92 Å². The molecule has 1 fully saturated rings. The Bertz CT molecular complexity index is 981. The normalized spacial score (nSPS) is 16.6. The molecule has 0 aromatic heterocycles. The van der Waals surface area contributed by atoms with E-state index in [1.807, 2.05) is 41.3 Å². The fraction of sp³-hybridized carbons (Fsp3) is 0.391. The summed E-state index contributed by atoms with van der Waals surface area (Å²) < 4.78 is 11.8. The first kappa shape index (κ1) is 22.9. The molecule has 2 aliphatic heterocycles. The number of hydrogen-bond donors (Lipinski definition) is 1. The minimum Gasteiger partial charge on any atom is -0.454 e. The monoisotopic (exact) mass is 519 g/mol. The Hall–Kier alpha value is -2.23. The Morgan fingerprint density at radius 3 is 2.62 bits per heavy atom. The van der Waals surface area contributed by atoms with Gasteiger partial charge in [-0.05, 0) is 35.9 Å². The number of nitrogens with zero attached hydrogens (tertiary/aromatic N) is 2. The van der Waals surface area contributed by atoms with Gasteiger partial charge in [-0.15, -0.1) is 11.8 Å². The van der Waals surface area contributed by atoms with Crippen molar-refractivity contribution in [2.24, 2.45) is 0 Å². The smallest absolute Gasteiger partial charge is 0.246 e. The Labute approximate surface area is 200 Å². The molecule has 2 aromatic carbocycles. The highest BCUT2D eigenvalue weighted by atomic mass is 79.9. The third-order valence-electron chi connectivity index (χ3n) is 5.42. The topological polar surface area (TPSA) is 71.1 Å². The van der Waals surface area contributed by atoms with Gasteiger partial charge in [-0.1, -0.05) is 28.1 Å². The summed E-state index contributed by atoms with van der Waals surface area (Å²) in [6.07, 6.45) is 0. The molecule has 9 heteroatoms. The van der Waals surface area contributed by atoms with Crippen molar-refractivity contribution in [2.45, 2.75) is 24.4 Å². The minimum atomic E-state index is -0.545. The second-order valence-electron chi connectivity index (χ2n) is 7.81. The minimum absolute atomic E-state index is 0.0228. The highest BCUT2D eigenvalue weighted by Gasteiger charge is 2.28. The molecule has 0 bridgehead atoms. The fourth-order valence-electron chi connectivity index (χ4n) is 3.80. The van der Waals surface area contributed by atoms with E-state index in [1.54, 1.807) is 11.8 Å². The summed E-state index contributed by atoms with van der Waals surface area (Å²) >= 11 is 5.03. The van der Waals surface area contributed by atoms with Crippen LogP contribution in [-0.4, -0.2) is 66.4 Å². The van der Waals surface area contributed by atoms with E-state index in [0.29, 0.717) is 18.8 Å². The lowest BCUT2D eigenvalue weighted by Gasteiger charge is -2.36. The largest absolute Gasteiger partial charge is 0.454 e. The maximum Gasteiger partial charge on any atom is 0.246 e. The van der Waals surface area contributed by atoms with Crippen LogP contribution in [0.2, 0.25) is 0 Å². The van der Waals surface area contributed by atoms with E-state index in [4.69, 9.17) is 9.47 Å². The lowest BCUT2D eigenvalue weighted by Crippen LogP contribution is -2.55. The predicted molar refractivity (Wildman–Crippen MR) is 127 cm³/mol. The number of carbonyl (C=O) groups is 2. The van der Waals surface area contributed by atoms with Gasteiger partial charge in [0.25, 0.3) is 0 Å². The molecule has 2 aliphatic rings. The lowest BCUT2D eigenvalue weighted by atomic mass is 10.1. The van der Waals surface area contributed by atoms with Crippen molar-refractivity contribution < 1.29 is 19.1 Å². The van der Waals surface area contributed by atoms with Gasteiger partial charge in [-0.25, -0.2) is 0 Å². The van der Waals surface area contributed by atoms with Crippen molar-refractivity contribution in [1.29, 1.82) is 0 Å². The summed E-state index contributed by atoms with van der Waals surface area (Å²) in [6.45, 7) is 5.37. The summed E-state index contributed by atoms with van der Waals surface area (Å²) in [6, 6.07) is 13.4. The quantitative estimate of drug-likeness (QED) is 0.566. The molecule has 0 saturated carbocycles. The molecule has 4 rings (SSSR count). The molecule has 170 valence electrons. The zero-order chi connectivity index (χ0) is 22.5. The first-order valence-electron chi connectivity index (χ1n) is 10.5. The number of rotatable bonds is 7. The van der Waals surface area contributed by atoms with Crippen molar-refractivity contribution in [2.75, 3.05) is 38.7 Å². The second kappa shape index (κ2) is 10.6. The Kier molecular flexibility index (Phi) is 7.59. The number of nitrogens with one attached hydrogen (secondary N) is 1. The van der Waals surface area contributed by atoms with Gasteiger partial charge in [0.15, 0.2) is 11.5 Å². The maximum absolute atomic E-state index is 13.2. The number of halogens is 1. The van der Waals surface area contributed by atoms with Gasteiger partial charge in [-0.3, -0.25) is 14.5 Å². The molecule has 2 heterocycles. The Morgan fingerprint density at radius 2 is 1.88 bits per heavy atom. The summed E-state index contributed by atoms with van der Waals surface area (Å²) in [5.74, 6) is 1.85. The molecular formula is C23H26BrN3O4S. The first-order valence-corrected chi connectivity index (χ1v) is 12.3. The average Bonchev–Trinajstić information content (AvgIpc) is 3.24. The molecule has 1 saturated heterocycles. The molecule has 1 unspecified atom stereocenters. The van der Waals surface area contributed by atoms with Gasteiger partial charge < -0.3 is 19.7 Å². The van der Waals surface area contributed by atoms with Crippen LogP contribution < -0.4 is 14.8 Å². The third-order valence-corrected chi connectivity index (χ3v) is 7.00. The molecule has 32 heavy (non-hydrogen) atoms. The molecule has 0 spiro atoms. The molecule has 1 N–H and O–H groups in total. The van der Waals surface area contributed by atoms with Gasteiger partial charge in [0.1, 0.15) is 6.04 Å². The van der Waals surface area contributed by atoms with Crippen LogP contribution in [0.4, 0.5) is 0 Å². The van der Waals surface area contributed by atoms with Crippen molar-refractivity contribution in [1.82, 2.24) is 15.1 Å².